The number of methoxy groups -OCH3 is 2. The monoisotopic (exact) mass is 457 g/mol. The van der Waals surface area contributed by atoms with Gasteiger partial charge in [-0.3, -0.25) is 29.5 Å². The molecule has 1 aromatic carbocycles. The molecule has 0 spiro atoms. The smallest absolute Gasteiger partial charge is 0.277 e. The molecule has 0 unspecified atom stereocenters. The molecule has 2 heterocycles. The van der Waals surface area contributed by atoms with E-state index in [2.05, 4.69) is 10.3 Å². The van der Waals surface area contributed by atoms with Gasteiger partial charge >= 0.3 is 0 Å². The fraction of sp³-hybridized carbons (Fsp3) is 0.333. The van der Waals surface area contributed by atoms with Crippen molar-refractivity contribution in [1.29, 1.82) is 0 Å². The van der Waals surface area contributed by atoms with Crippen LogP contribution in [0.5, 0.6) is 11.8 Å². The van der Waals surface area contributed by atoms with Gasteiger partial charge in [0.15, 0.2) is 0 Å². The van der Waals surface area contributed by atoms with Crippen LogP contribution in [0.1, 0.15) is 33.6 Å². The molecule has 0 radical (unpaired) electrons. The maximum atomic E-state index is 13.0. The minimum Gasteiger partial charge on any atom is -0.481 e. The Bertz CT molecular complexity index is 1060. The van der Waals surface area contributed by atoms with Gasteiger partial charge in [0.2, 0.25) is 17.7 Å². The molecule has 12 nitrogen and oxygen atoms in total. The predicted molar refractivity (Wildman–Crippen MR) is 115 cm³/mol. The lowest BCUT2D eigenvalue weighted by Crippen LogP contribution is -2.45. The largest absolute Gasteiger partial charge is 0.481 e. The molecule has 33 heavy (non-hydrogen) atoms. The van der Waals surface area contributed by atoms with Gasteiger partial charge in [0.1, 0.15) is 5.56 Å². The first kappa shape index (κ1) is 23.4. The third kappa shape index (κ3) is 5.34. The lowest BCUT2D eigenvalue weighted by Gasteiger charge is -2.28. The predicted octanol–water partition coefficient (Wildman–Crippen LogP) is 1.42. The van der Waals surface area contributed by atoms with E-state index in [0.717, 1.165) is 0 Å². The topological polar surface area (TPSA) is 144 Å². The van der Waals surface area contributed by atoms with E-state index in [1.165, 1.54) is 60.6 Å². The number of rotatable bonds is 8. The molecule has 1 fully saturated rings. The number of amides is 3. The maximum absolute atomic E-state index is 13.0. The van der Waals surface area contributed by atoms with E-state index in [-0.39, 0.29) is 41.6 Å². The van der Waals surface area contributed by atoms with E-state index >= 15 is 0 Å². The molecule has 1 aliphatic rings. The Labute approximate surface area is 189 Å². The summed E-state index contributed by atoms with van der Waals surface area (Å²) in [7, 11) is 2.84. The third-order valence-electron chi connectivity index (χ3n) is 4.99. The summed E-state index contributed by atoms with van der Waals surface area (Å²) < 4.78 is 10.2. The van der Waals surface area contributed by atoms with Crippen molar-refractivity contribution in [3.63, 3.8) is 0 Å². The highest BCUT2D eigenvalue weighted by atomic mass is 16.6. The second-order valence-corrected chi connectivity index (χ2v) is 7.02. The van der Waals surface area contributed by atoms with E-state index in [0.29, 0.717) is 25.4 Å². The van der Waals surface area contributed by atoms with Gasteiger partial charge in [-0.1, -0.05) is 0 Å². The number of nitrogens with zero attached hydrogens (tertiary/aromatic N) is 4. The van der Waals surface area contributed by atoms with Gasteiger partial charge in [-0.05, 0) is 24.6 Å². The van der Waals surface area contributed by atoms with Crippen LogP contribution < -0.4 is 14.8 Å². The molecule has 1 aromatic heterocycles. The van der Waals surface area contributed by atoms with Crippen LogP contribution in [0.25, 0.3) is 0 Å². The molecule has 1 aliphatic heterocycles. The molecule has 1 N–H and O–H groups in total. The van der Waals surface area contributed by atoms with Crippen molar-refractivity contribution in [3.05, 3.63) is 57.6 Å². The number of hydrazine groups is 1. The number of nitro benzene ring substituents is 1. The highest BCUT2D eigenvalue weighted by molar-refractivity contribution is 5.98. The van der Waals surface area contributed by atoms with Crippen LogP contribution in [0.15, 0.2) is 36.4 Å². The SMILES string of the molecule is COc1ccc(C(=O)N2CCCN2C(=O)CCNC(=O)c2ccc([N+](=O)[O-])cc2)c(OC)n1. The van der Waals surface area contributed by atoms with E-state index in [4.69, 9.17) is 9.47 Å². The first-order valence-electron chi connectivity index (χ1n) is 10.1. The van der Waals surface area contributed by atoms with Crippen molar-refractivity contribution in [2.75, 3.05) is 33.9 Å². The molecule has 1 saturated heterocycles. The second kappa shape index (κ2) is 10.4. The zero-order valence-electron chi connectivity index (χ0n) is 18.1. The van der Waals surface area contributed by atoms with Gasteiger partial charge in [0.25, 0.3) is 17.5 Å². The summed E-state index contributed by atoms with van der Waals surface area (Å²) >= 11 is 0. The van der Waals surface area contributed by atoms with Crippen molar-refractivity contribution in [1.82, 2.24) is 20.3 Å². The lowest BCUT2D eigenvalue weighted by atomic mass is 10.2. The number of non-ortho nitro benzene ring substituents is 1. The molecule has 0 saturated carbocycles. The van der Waals surface area contributed by atoms with Gasteiger partial charge < -0.3 is 14.8 Å². The van der Waals surface area contributed by atoms with Crippen molar-refractivity contribution in [2.45, 2.75) is 12.8 Å². The average Bonchev–Trinajstić information content (AvgIpc) is 3.33. The standard InChI is InChI=1S/C21H23N5O7/c1-32-17-9-8-16(20(23-17)33-2)21(29)25-13-3-12-24(25)18(27)10-11-22-19(28)14-4-6-15(7-5-14)26(30)31/h4-9H,3,10-13H2,1-2H3,(H,22,28). The summed E-state index contributed by atoms with van der Waals surface area (Å²) in [6.45, 7) is 0.766. The number of aromatic nitrogens is 1. The van der Waals surface area contributed by atoms with Gasteiger partial charge in [0, 0.05) is 49.8 Å². The number of nitro groups is 1. The van der Waals surface area contributed by atoms with Crippen molar-refractivity contribution in [3.8, 4) is 11.8 Å². The zero-order valence-corrected chi connectivity index (χ0v) is 18.1. The van der Waals surface area contributed by atoms with Crippen molar-refractivity contribution < 1.29 is 28.8 Å². The minimum absolute atomic E-state index is 0.0273. The summed E-state index contributed by atoms with van der Waals surface area (Å²) in [6, 6.07) is 8.20. The van der Waals surface area contributed by atoms with Gasteiger partial charge in [-0.2, -0.15) is 4.98 Å². The minimum atomic E-state index is -0.555. The van der Waals surface area contributed by atoms with Crippen LogP contribution in [0, 0.1) is 10.1 Å². The quantitative estimate of drug-likeness (QED) is 0.463. The number of hydrogen-bond donors (Lipinski definition) is 1. The highest BCUT2D eigenvalue weighted by Gasteiger charge is 2.32. The normalized spacial score (nSPS) is 12.9. The second-order valence-electron chi connectivity index (χ2n) is 7.02. The summed E-state index contributed by atoms with van der Waals surface area (Å²) in [6.07, 6.45) is 0.582. The van der Waals surface area contributed by atoms with Gasteiger partial charge in [0.05, 0.1) is 19.1 Å². The van der Waals surface area contributed by atoms with E-state index in [9.17, 15) is 24.5 Å². The first-order valence-corrected chi connectivity index (χ1v) is 10.1. The Kier molecular flexibility index (Phi) is 7.38. The number of nitrogens with one attached hydrogen (secondary N) is 1. The Morgan fingerprint density at radius 2 is 1.76 bits per heavy atom. The Balaban J connectivity index is 1.59. The Morgan fingerprint density at radius 1 is 1.06 bits per heavy atom. The summed E-state index contributed by atoms with van der Waals surface area (Å²) in [5, 5.41) is 16.0. The maximum Gasteiger partial charge on any atom is 0.277 e. The summed E-state index contributed by atoms with van der Waals surface area (Å²) in [4.78, 5) is 52.2. The molecule has 0 atom stereocenters. The summed E-state index contributed by atoms with van der Waals surface area (Å²) in [5.74, 6) is -0.829. The number of hydrogen-bond acceptors (Lipinski definition) is 8. The van der Waals surface area contributed by atoms with Crippen molar-refractivity contribution in [2.24, 2.45) is 0 Å². The summed E-state index contributed by atoms with van der Waals surface area (Å²) in [5.41, 5.74) is 0.318. The molecule has 2 aromatic rings. The Hall–Kier alpha value is -4.22. The fourth-order valence-corrected chi connectivity index (χ4v) is 3.33. The number of pyridine rings is 1. The Morgan fingerprint density at radius 3 is 2.39 bits per heavy atom. The molecule has 3 amide bonds. The lowest BCUT2D eigenvalue weighted by molar-refractivity contribution is -0.384. The number of ether oxygens (including phenoxy) is 2. The number of carbonyl (C=O) groups is 3. The zero-order chi connectivity index (χ0) is 24.0. The van der Waals surface area contributed by atoms with E-state index < -0.39 is 16.7 Å². The van der Waals surface area contributed by atoms with Crippen LogP contribution in [0.4, 0.5) is 5.69 Å². The highest BCUT2D eigenvalue weighted by Crippen LogP contribution is 2.24. The molecule has 0 bridgehead atoms. The number of benzene rings is 1. The first-order chi connectivity index (χ1) is 15.8. The van der Waals surface area contributed by atoms with Crippen LogP contribution in [-0.2, 0) is 4.79 Å². The number of carbonyl (C=O) groups excluding carboxylic acids is 3. The van der Waals surface area contributed by atoms with E-state index in [1.807, 2.05) is 0 Å². The molecule has 174 valence electrons. The van der Waals surface area contributed by atoms with E-state index in [1.54, 1.807) is 0 Å². The van der Waals surface area contributed by atoms with Crippen molar-refractivity contribution >= 4 is 23.4 Å². The van der Waals surface area contributed by atoms with Crippen LogP contribution in [0.2, 0.25) is 0 Å². The average molecular weight is 457 g/mol. The molecular formula is C21H23N5O7. The molecule has 0 aliphatic carbocycles. The molecule has 3 rings (SSSR count). The van der Waals surface area contributed by atoms with Crippen LogP contribution >= 0.6 is 0 Å². The molecular weight excluding hydrogens is 434 g/mol. The van der Waals surface area contributed by atoms with Gasteiger partial charge in [-0.25, -0.2) is 5.01 Å². The van der Waals surface area contributed by atoms with Crippen LogP contribution in [-0.4, -0.2) is 71.5 Å². The third-order valence-corrected chi connectivity index (χ3v) is 4.99. The fourth-order valence-electron chi connectivity index (χ4n) is 3.33. The molecule has 12 heteroatoms. The van der Waals surface area contributed by atoms with Gasteiger partial charge in [-0.15, -0.1) is 0 Å². The van der Waals surface area contributed by atoms with Crippen LogP contribution in [0.3, 0.4) is 0 Å².